The van der Waals surface area contributed by atoms with Gasteiger partial charge in [0.2, 0.25) is 5.90 Å². The van der Waals surface area contributed by atoms with E-state index in [2.05, 4.69) is 30.1 Å². The molecule has 0 aliphatic carbocycles. The fourth-order valence-corrected chi connectivity index (χ4v) is 5.04. The second-order valence-corrected chi connectivity index (χ2v) is 10.3. The number of nitrogens with one attached hydrogen (secondary N) is 1. The zero-order chi connectivity index (χ0) is 30.8. The van der Waals surface area contributed by atoms with Crippen LogP contribution >= 0.6 is 0 Å². The normalized spacial score (nSPS) is 14.0. The van der Waals surface area contributed by atoms with E-state index < -0.39 is 9.85 Å². The largest absolute Gasteiger partial charge is 0.441 e. The molecule has 0 fully saturated rings. The van der Waals surface area contributed by atoms with Crippen LogP contribution in [0.3, 0.4) is 0 Å². The first-order chi connectivity index (χ1) is 20.5. The summed E-state index contributed by atoms with van der Waals surface area (Å²) in [6.45, 7) is 10.1. The molecule has 10 heteroatoms. The Labute approximate surface area is 248 Å². The smallest absolute Gasteiger partial charge is 0.269 e. The molecule has 0 atom stereocenters. The van der Waals surface area contributed by atoms with Crippen LogP contribution in [0.5, 0.6) is 17.4 Å². The number of hydrogen-bond donors (Lipinski definition) is 1. The zero-order valence-electron chi connectivity index (χ0n) is 24.4. The third kappa shape index (κ3) is 5.94. The van der Waals surface area contributed by atoms with Gasteiger partial charge in [0.1, 0.15) is 11.5 Å². The number of aryl methyl sites for hydroxylation is 3. The van der Waals surface area contributed by atoms with Gasteiger partial charge in [-0.05, 0) is 80.6 Å². The minimum atomic E-state index is -0.453. The van der Waals surface area contributed by atoms with Crippen LogP contribution in [0.2, 0.25) is 0 Å². The number of H-pyrrole nitrogens is 1. The average Bonchev–Trinajstić information content (AvgIpc) is 3.49. The molecule has 218 valence electrons. The van der Waals surface area contributed by atoms with Gasteiger partial charge in [-0.1, -0.05) is 30.7 Å². The van der Waals surface area contributed by atoms with Crippen molar-refractivity contribution < 1.29 is 19.3 Å². The van der Waals surface area contributed by atoms with Crippen LogP contribution in [0, 0.1) is 41.0 Å². The maximum atomic E-state index is 11.1. The number of non-ortho nitro benzene ring substituents is 2. The number of nitro benzene ring substituents is 2. The first-order valence-electron chi connectivity index (χ1n) is 13.7. The van der Waals surface area contributed by atoms with Crippen LogP contribution in [0.1, 0.15) is 48.2 Å². The number of aromatic nitrogens is 1. The van der Waals surface area contributed by atoms with Gasteiger partial charge in [-0.25, -0.2) is 4.99 Å². The number of nitro groups is 2. The van der Waals surface area contributed by atoms with Gasteiger partial charge in [-0.15, -0.1) is 0 Å². The van der Waals surface area contributed by atoms with Gasteiger partial charge < -0.3 is 14.5 Å². The predicted molar refractivity (Wildman–Crippen MR) is 165 cm³/mol. The molecule has 0 spiro atoms. The van der Waals surface area contributed by atoms with Gasteiger partial charge in [-0.3, -0.25) is 20.2 Å². The molecule has 1 aliphatic heterocycles. The summed E-state index contributed by atoms with van der Waals surface area (Å²) in [6.07, 6.45) is 0.666. The summed E-state index contributed by atoms with van der Waals surface area (Å²) >= 11 is 0. The number of aliphatic imine (C=N–C) groups is 1. The SMILES string of the molecule is CCC1=C(C)C(=C(c2cc(C)ccc2C)c2[nH]c(Oc3ccc([N+](=O)[O-])cc3)cc2C)N=C1Oc1ccc([N+](=O)[O-])cc1. The highest BCUT2D eigenvalue weighted by Crippen LogP contribution is 2.41. The van der Waals surface area contributed by atoms with E-state index in [1.54, 1.807) is 24.3 Å². The van der Waals surface area contributed by atoms with Crippen molar-refractivity contribution in [1.82, 2.24) is 4.98 Å². The Hall–Kier alpha value is -5.51. The fourth-order valence-electron chi connectivity index (χ4n) is 5.04. The quantitative estimate of drug-likeness (QED) is 0.165. The lowest BCUT2D eigenvalue weighted by molar-refractivity contribution is -0.385. The lowest BCUT2D eigenvalue weighted by atomic mass is 9.91. The standard InChI is InChI=1S/C33H30N4O6/c1-6-27-22(5)32(35-33(27)43-26-15-11-24(12-16-26)37(40)41)30(28-17-19(2)7-8-20(28)3)31-21(4)18-29(34-31)42-25-13-9-23(10-14-25)36(38)39/h7-18,34H,6H2,1-5H3. The van der Waals surface area contributed by atoms with Gasteiger partial charge in [0.15, 0.2) is 5.88 Å². The molecular formula is C33H30N4O6. The number of nitrogens with zero attached hydrogens (tertiary/aromatic N) is 3. The summed E-state index contributed by atoms with van der Waals surface area (Å²) in [6, 6.07) is 20.0. The van der Waals surface area contributed by atoms with Crippen LogP contribution in [0.4, 0.5) is 11.4 Å². The molecular weight excluding hydrogens is 548 g/mol. The molecule has 0 saturated carbocycles. The Balaban J connectivity index is 1.62. The van der Waals surface area contributed by atoms with E-state index in [0.29, 0.717) is 29.7 Å². The van der Waals surface area contributed by atoms with Crippen molar-refractivity contribution >= 4 is 22.8 Å². The first-order valence-corrected chi connectivity index (χ1v) is 13.7. The third-order valence-corrected chi connectivity index (χ3v) is 7.31. The van der Waals surface area contributed by atoms with Crippen molar-refractivity contribution in [3.05, 3.63) is 138 Å². The van der Waals surface area contributed by atoms with Crippen molar-refractivity contribution in [1.29, 1.82) is 0 Å². The Bertz CT molecular complexity index is 1830. The van der Waals surface area contributed by atoms with Crippen molar-refractivity contribution in [2.24, 2.45) is 4.99 Å². The average molecular weight is 579 g/mol. The molecule has 1 aliphatic rings. The molecule has 10 nitrogen and oxygen atoms in total. The topological polar surface area (TPSA) is 133 Å². The summed E-state index contributed by atoms with van der Waals surface area (Å²) < 4.78 is 12.2. The van der Waals surface area contributed by atoms with Crippen LogP contribution in [-0.2, 0) is 0 Å². The maximum absolute atomic E-state index is 11.1. The van der Waals surface area contributed by atoms with E-state index in [0.717, 1.165) is 50.4 Å². The molecule has 0 unspecified atom stereocenters. The Kier molecular flexibility index (Phi) is 7.94. The Morgan fingerprint density at radius 2 is 1.37 bits per heavy atom. The first kappa shape index (κ1) is 29.0. The van der Waals surface area contributed by atoms with Crippen LogP contribution in [0.25, 0.3) is 5.57 Å². The number of hydrogen-bond acceptors (Lipinski definition) is 7. The molecule has 3 aromatic carbocycles. The van der Waals surface area contributed by atoms with Crippen LogP contribution < -0.4 is 9.47 Å². The second-order valence-electron chi connectivity index (χ2n) is 10.3. The summed E-state index contributed by atoms with van der Waals surface area (Å²) in [7, 11) is 0. The fraction of sp³-hybridized carbons (Fsp3) is 0.182. The van der Waals surface area contributed by atoms with E-state index in [4.69, 9.17) is 14.5 Å². The van der Waals surface area contributed by atoms with Crippen molar-refractivity contribution in [3.8, 4) is 17.4 Å². The summed E-state index contributed by atoms with van der Waals surface area (Å²) in [5.74, 6) is 1.83. The predicted octanol–water partition coefficient (Wildman–Crippen LogP) is 8.53. The van der Waals surface area contributed by atoms with Crippen molar-refractivity contribution in [3.63, 3.8) is 0 Å². The number of rotatable bonds is 8. The molecule has 1 aromatic heterocycles. The molecule has 0 amide bonds. The summed E-state index contributed by atoms with van der Waals surface area (Å²) in [5, 5.41) is 22.1. The van der Waals surface area contributed by atoms with E-state index >= 15 is 0 Å². The number of allylic oxidation sites excluding steroid dienone is 1. The maximum Gasteiger partial charge on any atom is 0.269 e. The van der Waals surface area contributed by atoms with E-state index in [9.17, 15) is 20.2 Å². The molecule has 0 radical (unpaired) electrons. The molecule has 43 heavy (non-hydrogen) atoms. The zero-order valence-corrected chi connectivity index (χ0v) is 24.4. The Morgan fingerprint density at radius 3 is 1.93 bits per heavy atom. The molecule has 5 rings (SSSR count). The van der Waals surface area contributed by atoms with Gasteiger partial charge >= 0.3 is 0 Å². The highest BCUT2D eigenvalue weighted by atomic mass is 16.6. The molecule has 0 bridgehead atoms. The monoisotopic (exact) mass is 578 g/mol. The molecule has 0 saturated heterocycles. The minimum absolute atomic E-state index is 0.0162. The lowest BCUT2D eigenvalue weighted by Crippen LogP contribution is -2.09. The summed E-state index contributed by atoms with van der Waals surface area (Å²) in [5.41, 5.74) is 8.37. The molecule has 2 heterocycles. The minimum Gasteiger partial charge on any atom is -0.441 e. The van der Waals surface area contributed by atoms with Gasteiger partial charge in [-0.2, -0.15) is 0 Å². The van der Waals surface area contributed by atoms with Gasteiger partial charge in [0, 0.05) is 41.5 Å². The van der Waals surface area contributed by atoms with E-state index in [1.165, 1.54) is 24.3 Å². The highest BCUT2D eigenvalue weighted by Gasteiger charge is 2.28. The number of aromatic amines is 1. The summed E-state index contributed by atoms with van der Waals surface area (Å²) in [4.78, 5) is 29.7. The van der Waals surface area contributed by atoms with Gasteiger partial charge in [0.05, 0.1) is 21.2 Å². The van der Waals surface area contributed by atoms with Crippen molar-refractivity contribution in [2.75, 3.05) is 0 Å². The molecule has 4 aromatic rings. The Morgan fingerprint density at radius 1 is 0.791 bits per heavy atom. The highest BCUT2D eigenvalue weighted by molar-refractivity contribution is 6.03. The lowest BCUT2D eigenvalue weighted by Gasteiger charge is -2.15. The van der Waals surface area contributed by atoms with Gasteiger partial charge in [0.25, 0.3) is 11.4 Å². The third-order valence-electron chi connectivity index (χ3n) is 7.31. The number of benzene rings is 3. The van der Waals surface area contributed by atoms with Crippen LogP contribution in [0.15, 0.2) is 94.6 Å². The molecule has 1 N–H and O–H groups in total. The van der Waals surface area contributed by atoms with Crippen LogP contribution in [-0.4, -0.2) is 20.7 Å². The number of ether oxygens (including phenoxy) is 2. The van der Waals surface area contributed by atoms with E-state index in [1.807, 2.05) is 33.8 Å². The van der Waals surface area contributed by atoms with E-state index in [-0.39, 0.29) is 11.4 Å². The van der Waals surface area contributed by atoms with Crippen molar-refractivity contribution in [2.45, 2.75) is 41.0 Å². The second kappa shape index (κ2) is 11.8.